The fourth-order valence-corrected chi connectivity index (χ4v) is 1.57. The van der Waals surface area contributed by atoms with E-state index in [1.165, 1.54) is 6.33 Å². The van der Waals surface area contributed by atoms with Gasteiger partial charge < -0.3 is 0 Å². The molecular weight excluding hydrogens is 202 g/mol. The number of hydrogen-bond donors (Lipinski definition) is 1. The lowest BCUT2D eigenvalue weighted by Crippen LogP contribution is -1.99. The van der Waals surface area contributed by atoms with Gasteiger partial charge in [-0.05, 0) is 0 Å². The van der Waals surface area contributed by atoms with Crippen LogP contribution in [-0.4, -0.2) is 25.0 Å². The summed E-state index contributed by atoms with van der Waals surface area (Å²) in [6.45, 7) is 0. The highest BCUT2D eigenvalue weighted by Crippen LogP contribution is 2.17. The standard InChI is InChI=1S/C11H9N5/c1-2-4-9(5-3-1)11-12-8-14-16(11)10-6-7-13-15-10/h1-8H,(H,13,15). The monoisotopic (exact) mass is 211 g/mol. The molecule has 78 valence electrons. The smallest absolute Gasteiger partial charge is 0.164 e. The lowest BCUT2D eigenvalue weighted by molar-refractivity contribution is 0.842. The summed E-state index contributed by atoms with van der Waals surface area (Å²) < 4.78 is 1.72. The minimum Gasteiger partial charge on any atom is -0.261 e. The van der Waals surface area contributed by atoms with Gasteiger partial charge in [0.25, 0.3) is 0 Å². The van der Waals surface area contributed by atoms with Crippen LogP contribution in [0.3, 0.4) is 0 Å². The topological polar surface area (TPSA) is 59.4 Å². The molecule has 3 aromatic rings. The quantitative estimate of drug-likeness (QED) is 0.701. The van der Waals surface area contributed by atoms with Crippen LogP contribution in [0.25, 0.3) is 17.2 Å². The molecule has 0 amide bonds. The Morgan fingerprint density at radius 2 is 1.94 bits per heavy atom. The van der Waals surface area contributed by atoms with Crippen molar-refractivity contribution >= 4 is 0 Å². The molecule has 0 radical (unpaired) electrons. The summed E-state index contributed by atoms with van der Waals surface area (Å²) in [5.41, 5.74) is 1.02. The second kappa shape index (κ2) is 3.62. The van der Waals surface area contributed by atoms with Crippen LogP contribution < -0.4 is 0 Å². The molecule has 0 atom stereocenters. The first-order valence-electron chi connectivity index (χ1n) is 4.90. The van der Waals surface area contributed by atoms with E-state index in [0.717, 1.165) is 17.2 Å². The van der Waals surface area contributed by atoms with E-state index in [-0.39, 0.29) is 0 Å². The zero-order chi connectivity index (χ0) is 10.8. The van der Waals surface area contributed by atoms with Crippen LogP contribution in [0.15, 0.2) is 48.9 Å². The molecule has 1 N–H and O–H groups in total. The van der Waals surface area contributed by atoms with Crippen LogP contribution in [0, 0.1) is 0 Å². The summed E-state index contributed by atoms with van der Waals surface area (Å²) in [6.07, 6.45) is 3.22. The molecule has 16 heavy (non-hydrogen) atoms. The Hall–Kier alpha value is -2.43. The van der Waals surface area contributed by atoms with Crippen molar-refractivity contribution in [2.24, 2.45) is 0 Å². The molecule has 0 bridgehead atoms. The van der Waals surface area contributed by atoms with Crippen molar-refractivity contribution < 1.29 is 0 Å². The van der Waals surface area contributed by atoms with Gasteiger partial charge in [-0.3, -0.25) is 5.10 Å². The largest absolute Gasteiger partial charge is 0.261 e. The molecule has 3 rings (SSSR count). The molecule has 1 aromatic carbocycles. The van der Waals surface area contributed by atoms with Gasteiger partial charge in [-0.15, -0.1) is 0 Å². The highest BCUT2D eigenvalue weighted by molar-refractivity contribution is 5.56. The predicted molar refractivity (Wildman–Crippen MR) is 58.9 cm³/mol. The van der Waals surface area contributed by atoms with Gasteiger partial charge in [0.2, 0.25) is 0 Å². The Morgan fingerprint density at radius 3 is 2.69 bits per heavy atom. The van der Waals surface area contributed by atoms with E-state index < -0.39 is 0 Å². The highest BCUT2D eigenvalue weighted by atomic mass is 15.4. The fraction of sp³-hybridized carbons (Fsp3) is 0. The van der Waals surface area contributed by atoms with Gasteiger partial charge >= 0.3 is 0 Å². The molecule has 2 aromatic heterocycles. The second-order valence-corrected chi connectivity index (χ2v) is 3.30. The first-order chi connectivity index (χ1) is 7.95. The highest BCUT2D eigenvalue weighted by Gasteiger charge is 2.08. The maximum atomic E-state index is 4.25. The van der Waals surface area contributed by atoms with E-state index in [9.17, 15) is 0 Å². The molecular formula is C11H9N5. The van der Waals surface area contributed by atoms with Gasteiger partial charge in [-0.2, -0.15) is 14.9 Å². The van der Waals surface area contributed by atoms with Crippen LogP contribution in [-0.2, 0) is 0 Å². The molecule has 0 saturated carbocycles. The summed E-state index contributed by atoms with van der Waals surface area (Å²) in [5.74, 6) is 1.60. The van der Waals surface area contributed by atoms with Crippen molar-refractivity contribution in [3.8, 4) is 17.2 Å². The predicted octanol–water partition coefficient (Wildman–Crippen LogP) is 1.66. The van der Waals surface area contributed by atoms with Gasteiger partial charge in [-0.25, -0.2) is 4.98 Å². The number of aromatic amines is 1. The van der Waals surface area contributed by atoms with E-state index in [0.29, 0.717) is 0 Å². The number of nitrogens with one attached hydrogen (secondary N) is 1. The van der Waals surface area contributed by atoms with Crippen LogP contribution in [0.5, 0.6) is 0 Å². The van der Waals surface area contributed by atoms with Crippen LogP contribution in [0.4, 0.5) is 0 Å². The van der Waals surface area contributed by atoms with E-state index in [4.69, 9.17) is 0 Å². The Morgan fingerprint density at radius 1 is 1.06 bits per heavy atom. The molecule has 0 aliphatic heterocycles. The molecule has 0 saturated heterocycles. The lowest BCUT2D eigenvalue weighted by atomic mass is 10.2. The van der Waals surface area contributed by atoms with Crippen molar-refractivity contribution in [2.75, 3.05) is 0 Å². The number of rotatable bonds is 2. The normalized spacial score (nSPS) is 10.5. The van der Waals surface area contributed by atoms with Gasteiger partial charge in [0, 0.05) is 11.6 Å². The van der Waals surface area contributed by atoms with Gasteiger partial charge in [0.15, 0.2) is 11.6 Å². The van der Waals surface area contributed by atoms with Crippen LogP contribution in [0.1, 0.15) is 0 Å². The third-order valence-electron chi connectivity index (χ3n) is 2.29. The summed E-state index contributed by atoms with van der Waals surface area (Å²) in [7, 11) is 0. The molecule has 5 heteroatoms. The van der Waals surface area contributed by atoms with Crippen LogP contribution in [0.2, 0.25) is 0 Å². The Labute approximate surface area is 91.8 Å². The number of hydrogen-bond acceptors (Lipinski definition) is 3. The average molecular weight is 211 g/mol. The number of nitrogens with zero attached hydrogens (tertiary/aromatic N) is 4. The van der Waals surface area contributed by atoms with Crippen molar-refractivity contribution in [1.29, 1.82) is 0 Å². The third-order valence-corrected chi connectivity index (χ3v) is 2.29. The summed E-state index contributed by atoms with van der Waals surface area (Å²) >= 11 is 0. The lowest BCUT2D eigenvalue weighted by Gasteiger charge is -2.02. The zero-order valence-corrected chi connectivity index (χ0v) is 8.41. The fourth-order valence-electron chi connectivity index (χ4n) is 1.57. The van der Waals surface area contributed by atoms with E-state index in [2.05, 4.69) is 20.3 Å². The second-order valence-electron chi connectivity index (χ2n) is 3.30. The van der Waals surface area contributed by atoms with Crippen LogP contribution >= 0.6 is 0 Å². The van der Waals surface area contributed by atoms with Crippen molar-refractivity contribution in [1.82, 2.24) is 25.0 Å². The average Bonchev–Trinajstić information content (AvgIpc) is 3.01. The van der Waals surface area contributed by atoms with Gasteiger partial charge in [0.1, 0.15) is 6.33 Å². The van der Waals surface area contributed by atoms with E-state index in [1.54, 1.807) is 10.9 Å². The SMILES string of the molecule is c1ccc(-c2ncnn2-c2ccn[nH]2)cc1. The number of H-pyrrole nitrogens is 1. The third kappa shape index (κ3) is 1.38. The van der Waals surface area contributed by atoms with E-state index >= 15 is 0 Å². The van der Waals surface area contributed by atoms with Gasteiger partial charge in [-0.1, -0.05) is 30.3 Å². The number of benzene rings is 1. The van der Waals surface area contributed by atoms with Gasteiger partial charge in [0.05, 0.1) is 6.20 Å². The molecule has 0 aliphatic rings. The molecule has 2 heterocycles. The maximum absolute atomic E-state index is 4.25. The minimum absolute atomic E-state index is 0.796. The first-order valence-corrected chi connectivity index (χ1v) is 4.90. The number of aromatic nitrogens is 5. The molecule has 5 nitrogen and oxygen atoms in total. The summed E-state index contributed by atoms with van der Waals surface area (Å²) in [5, 5.41) is 10.9. The molecule has 0 aliphatic carbocycles. The van der Waals surface area contributed by atoms with E-state index in [1.807, 2.05) is 36.4 Å². The zero-order valence-electron chi connectivity index (χ0n) is 8.41. The Balaban J connectivity index is 2.14. The first kappa shape index (κ1) is 8.84. The molecule has 0 fully saturated rings. The summed E-state index contributed by atoms with van der Waals surface area (Å²) in [4.78, 5) is 4.25. The van der Waals surface area contributed by atoms with Crippen molar-refractivity contribution in [3.05, 3.63) is 48.9 Å². The Bertz CT molecular complexity index is 567. The molecule has 0 unspecified atom stereocenters. The van der Waals surface area contributed by atoms with Crippen molar-refractivity contribution in [3.63, 3.8) is 0 Å². The summed E-state index contributed by atoms with van der Waals surface area (Å²) in [6, 6.07) is 11.8. The van der Waals surface area contributed by atoms with Crippen molar-refractivity contribution in [2.45, 2.75) is 0 Å². The Kier molecular flexibility index (Phi) is 2.00. The maximum Gasteiger partial charge on any atom is 0.164 e. The minimum atomic E-state index is 0.796. The molecule has 0 spiro atoms.